The van der Waals surface area contributed by atoms with Crippen LogP contribution in [0.5, 0.6) is 0 Å². The smallest absolute Gasteiger partial charge is 0.115 e. The number of anilines is 2. The van der Waals surface area contributed by atoms with Crippen LogP contribution in [-0.4, -0.2) is 41.2 Å². The second kappa shape index (κ2) is 9.83. The Labute approximate surface area is 227 Å². The van der Waals surface area contributed by atoms with E-state index in [9.17, 15) is 9.65 Å². The van der Waals surface area contributed by atoms with E-state index in [4.69, 9.17) is 10.7 Å². The fourth-order valence-corrected chi connectivity index (χ4v) is 8.34. The standard InChI is InChI=1S/C32H42FN5/c1-3-14-36-28-16-23(8-13-32-10-4-15-38(32)20-22(33)17-32)37-29-18-31(12-9-25(28)29)11-7-21(2)24-5-6-27(35)26(19-34)30(24)31/h5-6,16,21-22H,3-4,7-15,17-18,20,35H2,1-2H3,(H,36,37). The molecule has 6 rings (SSSR count). The van der Waals surface area contributed by atoms with Crippen LogP contribution in [0.25, 0.3) is 0 Å². The van der Waals surface area contributed by atoms with Gasteiger partial charge in [0.25, 0.3) is 0 Å². The van der Waals surface area contributed by atoms with E-state index in [1.165, 1.54) is 34.5 Å². The van der Waals surface area contributed by atoms with Crippen LogP contribution in [0, 0.1) is 11.3 Å². The van der Waals surface area contributed by atoms with Crippen LogP contribution in [0.3, 0.4) is 0 Å². The number of hydrogen-bond donors (Lipinski definition) is 2. The number of nitrogens with two attached hydrogens (primary N) is 1. The Morgan fingerprint density at radius 3 is 2.97 bits per heavy atom. The van der Waals surface area contributed by atoms with Crippen molar-refractivity contribution in [2.75, 3.05) is 30.7 Å². The maximum Gasteiger partial charge on any atom is 0.115 e. The third-order valence-electron chi connectivity index (χ3n) is 10.3. The number of alkyl halides is 1. The first-order chi connectivity index (χ1) is 18.4. The molecule has 1 aromatic carbocycles. The highest BCUT2D eigenvalue weighted by Crippen LogP contribution is 2.52. The molecule has 1 spiro atoms. The number of nitriles is 1. The van der Waals surface area contributed by atoms with E-state index in [1.807, 2.05) is 6.07 Å². The first kappa shape index (κ1) is 25.6. The number of pyridine rings is 1. The fraction of sp³-hybridized carbons (Fsp3) is 0.625. The van der Waals surface area contributed by atoms with Gasteiger partial charge in [0.05, 0.1) is 5.56 Å². The highest BCUT2D eigenvalue weighted by Gasteiger charge is 2.48. The van der Waals surface area contributed by atoms with Crippen molar-refractivity contribution in [1.29, 1.82) is 5.26 Å². The SMILES string of the molecule is CCCNc1cc(CCC23CCCN2CC(F)C3)nc2c1CCC1(CCC(C)c3ccc(N)c(C#N)c31)C2. The van der Waals surface area contributed by atoms with Crippen molar-refractivity contribution in [2.24, 2.45) is 0 Å². The minimum atomic E-state index is -0.691. The minimum absolute atomic E-state index is 0.0207. The topological polar surface area (TPSA) is 78.0 Å². The normalized spacial score (nSPS) is 30.1. The summed E-state index contributed by atoms with van der Waals surface area (Å²) in [4.78, 5) is 7.74. The molecule has 0 radical (unpaired) electrons. The highest BCUT2D eigenvalue weighted by atomic mass is 19.1. The van der Waals surface area contributed by atoms with Crippen molar-refractivity contribution in [3.05, 3.63) is 51.8 Å². The van der Waals surface area contributed by atoms with Crippen LogP contribution in [-0.2, 0) is 24.7 Å². The number of nitrogens with one attached hydrogen (secondary N) is 1. The molecule has 2 aliphatic carbocycles. The van der Waals surface area contributed by atoms with Gasteiger partial charge in [-0.1, -0.05) is 19.9 Å². The van der Waals surface area contributed by atoms with E-state index in [0.717, 1.165) is 76.6 Å². The first-order valence-electron chi connectivity index (χ1n) is 14.9. The summed E-state index contributed by atoms with van der Waals surface area (Å²) in [6.45, 7) is 7.06. The van der Waals surface area contributed by atoms with Crippen LogP contribution < -0.4 is 11.1 Å². The van der Waals surface area contributed by atoms with Crippen molar-refractivity contribution in [3.63, 3.8) is 0 Å². The summed E-state index contributed by atoms with van der Waals surface area (Å²) in [5.74, 6) is 0.435. The van der Waals surface area contributed by atoms with Crippen LogP contribution in [0.1, 0.15) is 105 Å². The molecule has 202 valence electrons. The van der Waals surface area contributed by atoms with E-state index in [0.29, 0.717) is 30.1 Å². The molecule has 0 bridgehead atoms. The maximum atomic E-state index is 14.4. The lowest BCUT2D eigenvalue weighted by Gasteiger charge is -2.45. The fourth-order valence-electron chi connectivity index (χ4n) is 8.34. The van der Waals surface area contributed by atoms with Crippen LogP contribution >= 0.6 is 0 Å². The lowest BCUT2D eigenvalue weighted by molar-refractivity contribution is 0.182. The summed E-state index contributed by atoms with van der Waals surface area (Å²) in [7, 11) is 0. The number of aromatic nitrogens is 1. The maximum absolute atomic E-state index is 14.4. The molecule has 2 fully saturated rings. The van der Waals surface area contributed by atoms with Gasteiger partial charge in [-0.3, -0.25) is 9.88 Å². The lowest BCUT2D eigenvalue weighted by Crippen LogP contribution is -2.40. The summed E-state index contributed by atoms with van der Waals surface area (Å²) in [5.41, 5.74) is 15.0. The molecule has 38 heavy (non-hydrogen) atoms. The van der Waals surface area contributed by atoms with Gasteiger partial charge in [-0.2, -0.15) is 5.26 Å². The number of rotatable bonds is 6. The van der Waals surface area contributed by atoms with Crippen molar-refractivity contribution in [3.8, 4) is 6.07 Å². The van der Waals surface area contributed by atoms with E-state index in [-0.39, 0.29) is 11.0 Å². The molecule has 4 atom stereocenters. The molecule has 3 heterocycles. The molecule has 0 amide bonds. The van der Waals surface area contributed by atoms with Crippen molar-refractivity contribution < 1.29 is 4.39 Å². The molecule has 2 aliphatic heterocycles. The zero-order valence-electron chi connectivity index (χ0n) is 23.1. The Morgan fingerprint density at radius 1 is 1.29 bits per heavy atom. The highest BCUT2D eigenvalue weighted by molar-refractivity contribution is 5.65. The number of nitrogens with zero attached hydrogens (tertiary/aromatic N) is 3. The number of benzene rings is 1. The number of halogens is 1. The van der Waals surface area contributed by atoms with Crippen molar-refractivity contribution in [2.45, 2.75) is 108 Å². The van der Waals surface area contributed by atoms with Crippen LogP contribution in [0.4, 0.5) is 15.8 Å². The van der Waals surface area contributed by atoms with E-state index in [2.05, 4.69) is 42.3 Å². The van der Waals surface area contributed by atoms with Gasteiger partial charge in [-0.05, 0) is 112 Å². The third kappa shape index (κ3) is 4.18. The predicted octanol–water partition coefficient (Wildman–Crippen LogP) is 6.19. The van der Waals surface area contributed by atoms with E-state index >= 15 is 0 Å². The van der Waals surface area contributed by atoms with Gasteiger partial charge in [0.2, 0.25) is 0 Å². The third-order valence-corrected chi connectivity index (χ3v) is 10.3. The zero-order chi connectivity index (χ0) is 26.5. The number of fused-ring (bicyclic) bond motifs is 4. The second-order valence-electron chi connectivity index (χ2n) is 12.6. The monoisotopic (exact) mass is 515 g/mol. The molecule has 6 heteroatoms. The summed E-state index contributed by atoms with van der Waals surface area (Å²) < 4.78 is 14.4. The van der Waals surface area contributed by atoms with E-state index in [1.54, 1.807) is 0 Å². The van der Waals surface area contributed by atoms with Crippen molar-refractivity contribution >= 4 is 11.4 Å². The quantitative estimate of drug-likeness (QED) is 0.449. The van der Waals surface area contributed by atoms with Gasteiger partial charge in [0.1, 0.15) is 12.2 Å². The summed E-state index contributed by atoms with van der Waals surface area (Å²) in [6.07, 6.45) is 10.2. The van der Waals surface area contributed by atoms with E-state index < -0.39 is 6.17 Å². The Bertz CT molecular complexity index is 1270. The second-order valence-corrected chi connectivity index (χ2v) is 12.6. The molecular formula is C32H42FN5. The molecule has 5 nitrogen and oxygen atoms in total. The van der Waals surface area contributed by atoms with Gasteiger partial charge in [0, 0.05) is 46.8 Å². The van der Waals surface area contributed by atoms with Gasteiger partial charge in [-0.15, -0.1) is 0 Å². The average Bonchev–Trinajstić information content (AvgIpc) is 3.43. The molecule has 4 aliphatic rings. The largest absolute Gasteiger partial charge is 0.398 e. The number of aryl methyl sites for hydroxylation is 1. The van der Waals surface area contributed by atoms with Crippen LogP contribution in [0.15, 0.2) is 18.2 Å². The summed E-state index contributed by atoms with van der Waals surface area (Å²) >= 11 is 0. The first-order valence-corrected chi connectivity index (χ1v) is 14.9. The zero-order valence-corrected chi connectivity index (χ0v) is 23.1. The Morgan fingerprint density at radius 2 is 2.16 bits per heavy atom. The molecule has 2 saturated heterocycles. The molecule has 2 aromatic rings. The molecule has 0 saturated carbocycles. The molecular weight excluding hydrogens is 473 g/mol. The van der Waals surface area contributed by atoms with Gasteiger partial charge in [-0.25, -0.2) is 4.39 Å². The van der Waals surface area contributed by atoms with Crippen molar-refractivity contribution in [1.82, 2.24) is 9.88 Å². The van der Waals surface area contributed by atoms with Crippen LogP contribution in [0.2, 0.25) is 0 Å². The van der Waals surface area contributed by atoms with Gasteiger partial charge >= 0.3 is 0 Å². The minimum Gasteiger partial charge on any atom is -0.398 e. The van der Waals surface area contributed by atoms with Gasteiger partial charge < -0.3 is 11.1 Å². The molecule has 3 N–H and O–H groups in total. The number of hydrogen-bond acceptors (Lipinski definition) is 5. The molecule has 1 aromatic heterocycles. The lowest BCUT2D eigenvalue weighted by atomic mass is 9.59. The summed E-state index contributed by atoms with van der Waals surface area (Å²) in [6, 6.07) is 8.83. The Balaban J connectivity index is 1.36. The Hall–Kier alpha value is -2.65. The predicted molar refractivity (Wildman–Crippen MR) is 151 cm³/mol. The Kier molecular flexibility index (Phi) is 6.63. The average molecular weight is 516 g/mol. The molecule has 4 unspecified atom stereocenters. The van der Waals surface area contributed by atoms with Gasteiger partial charge in [0.15, 0.2) is 0 Å². The summed E-state index contributed by atoms with van der Waals surface area (Å²) in [5, 5.41) is 13.8. The number of nitrogen functional groups attached to an aromatic ring is 1.